The van der Waals surface area contributed by atoms with E-state index in [1.165, 1.54) is 6.92 Å². The van der Waals surface area contributed by atoms with E-state index >= 15 is 0 Å². The number of carbonyl (C=O) groups excluding carboxylic acids is 2. The van der Waals surface area contributed by atoms with Crippen molar-refractivity contribution in [3.05, 3.63) is 35.9 Å². The molecular formula is C22H34N2O8. The maximum atomic E-state index is 11.7. The summed E-state index contributed by atoms with van der Waals surface area (Å²) in [7, 11) is 0. The van der Waals surface area contributed by atoms with Gasteiger partial charge in [-0.2, -0.15) is 0 Å². The van der Waals surface area contributed by atoms with Crippen LogP contribution in [0.5, 0.6) is 0 Å². The van der Waals surface area contributed by atoms with Gasteiger partial charge in [-0.05, 0) is 18.4 Å². The fourth-order valence-corrected chi connectivity index (χ4v) is 3.36. The lowest BCUT2D eigenvalue weighted by Gasteiger charge is -2.42. The summed E-state index contributed by atoms with van der Waals surface area (Å²) >= 11 is 0. The van der Waals surface area contributed by atoms with E-state index in [0.717, 1.165) is 24.8 Å². The Morgan fingerprint density at radius 1 is 1.06 bits per heavy atom. The van der Waals surface area contributed by atoms with Crippen molar-refractivity contribution in [3.63, 3.8) is 0 Å². The molecule has 0 aliphatic carbocycles. The van der Waals surface area contributed by atoms with Crippen molar-refractivity contribution >= 4 is 12.0 Å². The minimum absolute atomic E-state index is 0.232. The molecule has 0 radical (unpaired) electrons. The summed E-state index contributed by atoms with van der Waals surface area (Å²) in [6.45, 7) is 1.86. The molecule has 1 aliphatic rings. The molecule has 0 bridgehead atoms. The van der Waals surface area contributed by atoms with E-state index in [1.54, 1.807) is 0 Å². The number of carbonyl (C=O) groups is 2. The van der Waals surface area contributed by atoms with Crippen molar-refractivity contribution in [3.8, 4) is 0 Å². The first-order valence-corrected chi connectivity index (χ1v) is 10.9. The molecule has 0 aromatic heterocycles. The highest BCUT2D eigenvalue weighted by Gasteiger charge is 2.45. The zero-order valence-electron chi connectivity index (χ0n) is 18.3. The van der Waals surface area contributed by atoms with Crippen molar-refractivity contribution < 1.29 is 39.1 Å². The van der Waals surface area contributed by atoms with Crippen LogP contribution in [0.1, 0.15) is 38.2 Å². The molecule has 10 nitrogen and oxygen atoms in total. The van der Waals surface area contributed by atoms with Crippen LogP contribution >= 0.6 is 0 Å². The fourth-order valence-electron chi connectivity index (χ4n) is 3.36. The predicted molar refractivity (Wildman–Crippen MR) is 114 cm³/mol. The van der Waals surface area contributed by atoms with Gasteiger partial charge in [-0.1, -0.05) is 43.2 Å². The quantitative estimate of drug-likeness (QED) is 0.286. The number of aliphatic hydroxyl groups excluding tert-OH is 3. The number of rotatable bonds is 12. The average Bonchev–Trinajstić information content (AvgIpc) is 2.79. The third-order valence-electron chi connectivity index (χ3n) is 5.09. The Bertz CT molecular complexity index is 690. The SMILES string of the molecule is CC(=O)NC1C(OCCCCCCNC(=O)OCc2ccccc2)OC(CO)C(O)C1O. The molecule has 32 heavy (non-hydrogen) atoms. The van der Waals surface area contributed by atoms with Gasteiger partial charge in [-0.25, -0.2) is 4.79 Å². The van der Waals surface area contributed by atoms with Crippen LogP contribution in [0.3, 0.4) is 0 Å². The molecule has 180 valence electrons. The molecule has 2 rings (SSSR count). The van der Waals surface area contributed by atoms with E-state index in [0.29, 0.717) is 19.6 Å². The number of aliphatic hydroxyl groups is 3. The normalized spacial score (nSPS) is 25.2. The van der Waals surface area contributed by atoms with Gasteiger partial charge in [-0.15, -0.1) is 0 Å². The number of hydrogen-bond acceptors (Lipinski definition) is 8. The molecule has 5 N–H and O–H groups in total. The average molecular weight is 455 g/mol. The Kier molecular flexibility index (Phi) is 11.4. The summed E-state index contributed by atoms with van der Waals surface area (Å²) in [6, 6.07) is 8.51. The summed E-state index contributed by atoms with van der Waals surface area (Å²) < 4.78 is 16.3. The van der Waals surface area contributed by atoms with Gasteiger partial charge in [0.15, 0.2) is 6.29 Å². The van der Waals surface area contributed by atoms with Crippen LogP contribution in [-0.2, 0) is 25.6 Å². The van der Waals surface area contributed by atoms with Gasteiger partial charge in [0.05, 0.1) is 6.61 Å². The van der Waals surface area contributed by atoms with E-state index in [2.05, 4.69) is 10.6 Å². The second-order valence-electron chi connectivity index (χ2n) is 7.71. The molecule has 1 saturated heterocycles. The molecule has 1 fully saturated rings. The topological polar surface area (TPSA) is 147 Å². The first-order valence-electron chi connectivity index (χ1n) is 10.9. The molecule has 10 heteroatoms. The molecule has 1 heterocycles. The molecule has 5 unspecified atom stereocenters. The first kappa shape index (κ1) is 26.0. The zero-order valence-corrected chi connectivity index (χ0v) is 18.3. The lowest BCUT2D eigenvalue weighted by Crippen LogP contribution is -2.64. The van der Waals surface area contributed by atoms with Crippen LogP contribution < -0.4 is 10.6 Å². The van der Waals surface area contributed by atoms with E-state index in [1.807, 2.05) is 30.3 Å². The summed E-state index contributed by atoms with van der Waals surface area (Å²) in [5, 5.41) is 34.8. The van der Waals surface area contributed by atoms with Crippen LogP contribution in [0, 0.1) is 0 Å². The number of ether oxygens (including phenoxy) is 3. The molecule has 1 aliphatic heterocycles. The number of amides is 2. The highest BCUT2D eigenvalue weighted by atomic mass is 16.7. The minimum atomic E-state index is -1.33. The highest BCUT2D eigenvalue weighted by Crippen LogP contribution is 2.22. The van der Waals surface area contributed by atoms with Gasteiger partial charge in [0.25, 0.3) is 0 Å². The van der Waals surface area contributed by atoms with E-state index in [-0.39, 0.29) is 6.61 Å². The predicted octanol–water partition coefficient (Wildman–Crippen LogP) is 0.433. The Labute approximate surface area is 187 Å². The van der Waals surface area contributed by atoms with E-state index < -0.39 is 49.3 Å². The Morgan fingerprint density at radius 3 is 2.47 bits per heavy atom. The van der Waals surface area contributed by atoms with Crippen LogP contribution in [0.4, 0.5) is 4.79 Å². The van der Waals surface area contributed by atoms with Crippen LogP contribution in [0.15, 0.2) is 30.3 Å². The molecule has 0 saturated carbocycles. The Morgan fingerprint density at radius 2 is 1.78 bits per heavy atom. The van der Waals surface area contributed by atoms with Crippen LogP contribution in [0.2, 0.25) is 0 Å². The first-order chi connectivity index (χ1) is 15.4. The monoisotopic (exact) mass is 454 g/mol. The van der Waals surface area contributed by atoms with E-state index in [9.17, 15) is 24.9 Å². The lowest BCUT2D eigenvalue weighted by atomic mass is 9.97. The van der Waals surface area contributed by atoms with Crippen molar-refractivity contribution in [1.82, 2.24) is 10.6 Å². The van der Waals surface area contributed by atoms with Gasteiger partial charge >= 0.3 is 6.09 Å². The number of unbranched alkanes of at least 4 members (excludes halogenated alkanes) is 3. The molecule has 5 atom stereocenters. The van der Waals surface area contributed by atoms with Crippen molar-refractivity contribution in [2.45, 2.75) is 69.9 Å². The largest absolute Gasteiger partial charge is 0.445 e. The van der Waals surface area contributed by atoms with Gasteiger partial charge in [-0.3, -0.25) is 4.79 Å². The molecule has 1 aromatic rings. The Balaban J connectivity index is 1.57. The summed E-state index contributed by atoms with van der Waals surface area (Å²) in [5.41, 5.74) is 0.928. The fraction of sp³-hybridized carbons (Fsp3) is 0.636. The second kappa shape index (κ2) is 14.0. The van der Waals surface area contributed by atoms with Crippen molar-refractivity contribution in [1.29, 1.82) is 0 Å². The third-order valence-corrected chi connectivity index (χ3v) is 5.09. The lowest BCUT2D eigenvalue weighted by molar-refractivity contribution is -0.270. The second-order valence-corrected chi connectivity index (χ2v) is 7.71. The maximum absolute atomic E-state index is 11.7. The van der Waals surface area contributed by atoms with Gasteiger partial charge in [0, 0.05) is 20.1 Å². The Hall–Kier alpha value is -2.24. The smallest absolute Gasteiger partial charge is 0.407 e. The molecule has 1 aromatic carbocycles. The minimum Gasteiger partial charge on any atom is -0.445 e. The number of benzene rings is 1. The van der Waals surface area contributed by atoms with E-state index in [4.69, 9.17) is 14.2 Å². The number of hydrogen-bond donors (Lipinski definition) is 5. The number of alkyl carbamates (subject to hydrolysis) is 1. The van der Waals surface area contributed by atoms with Gasteiger partial charge < -0.3 is 40.2 Å². The van der Waals surface area contributed by atoms with Crippen molar-refractivity contribution in [2.75, 3.05) is 19.8 Å². The highest BCUT2D eigenvalue weighted by molar-refractivity contribution is 5.73. The molecular weight excluding hydrogens is 420 g/mol. The van der Waals surface area contributed by atoms with Crippen LogP contribution in [0.25, 0.3) is 0 Å². The molecule has 2 amide bonds. The van der Waals surface area contributed by atoms with Crippen molar-refractivity contribution in [2.24, 2.45) is 0 Å². The summed E-state index contributed by atoms with van der Waals surface area (Å²) in [6.07, 6.45) is -1.87. The molecule has 0 spiro atoms. The van der Waals surface area contributed by atoms with Gasteiger partial charge in [0.1, 0.15) is 31.0 Å². The van der Waals surface area contributed by atoms with Crippen LogP contribution in [-0.4, -0.2) is 77.7 Å². The third kappa shape index (κ3) is 8.71. The summed E-state index contributed by atoms with van der Waals surface area (Å²) in [4.78, 5) is 23.1. The standard InChI is InChI=1S/C22H34N2O8/c1-15(26)24-18-20(28)19(27)17(13-25)32-21(18)30-12-8-3-2-7-11-23-22(29)31-14-16-9-5-4-6-10-16/h4-6,9-10,17-21,25,27-28H,2-3,7-8,11-14H2,1H3,(H,23,29)(H,24,26). The maximum Gasteiger partial charge on any atom is 0.407 e. The zero-order chi connectivity index (χ0) is 23.3. The summed E-state index contributed by atoms with van der Waals surface area (Å²) in [5.74, 6) is -0.393. The number of nitrogens with one attached hydrogen (secondary N) is 2. The van der Waals surface area contributed by atoms with Gasteiger partial charge in [0.2, 0.25) is 5.91 Å².